The minimum Gasteiger partial charge on any atom is -0.492 e. The van der Waals surface area contributed by atoms with E-state index in [1.165, 1.54) is 36.7 Å². The first-order valence-electron chi connectivity index (χ1n) is 7.18. The first kappa shape index (κ1) is 12.5. The summed E-state index contributed by atoms with van der Waals surface area (Å²) in [6.07, 6.45) is 2.67. The molecule has 0 saturated carbocycles. The summed E-state index contributed by atoms with van der Waals surface area (Å²) in [5, 5.41) is 2.51. The average molecular weight is 255 g/mol. The third kappa shape index (κ3) is 2.90. The van der Waals surface area contributed by atoms with E-state index in [4.69, 9.17) is 4.74 Å². The second kappa shape index (κ2) is 5.62. The van der Waals surface area contributed by atoms with Crippen LogP contribution in [0.5, 0.6) is 5.75 Å². The van der Waals surface area contributed by atoms with Gasteiger partial charge in [0.15, 0.2) is 0 Å². The van der Waals surface area contributed by atoms with Gasteiger partial charge in [0.05, 0.1) is 0 Å². The van der Waals surface area contributed by atoms with Crippen molar-refractivity contribution in [2.45, 2.75) is 25.8 Å². The highest BCUT2D eigenvalue weighted by molar-refractivity contribution is 5.83. The minimum absolute atomic E-state index is 0.508. The zero-order chi connectivity index (χ0) is 13.1. The number of fused-ring (bicyclic) bond motifs is 1. The lowest BCUT2D eigenvalue weighted by Crippen LogP contribution is -2.34. The smallest absolute Gasteiger partial charge is 0.120 e. The van der Waals surface area contributed by atoms with E-state index in [9.17, 15) is 0 Å². The van der Waals surface area contributed by atoms with Gasteiger partial charge in [-0.25, -0.2) is 0 Å². The van der Waals surface area contributed by atoms with Gasteiger partial charge >= 0.3 is 0 Å². The van der Waals surface area contributed by atoms with Crippen LogP contribution in [0.4, 0.5) is 0 Å². The maximum Gasteiger partial charge on any atom is 0.120 e. The Hall–Kier alpha value is -1.54. The molecule has 1 unspecified atom stereocenters. The molecule has 1 heterocycles. The van der Waals surface area contributed by atoms with Gasteiger partial charge in [0, 0.05) is 6.04 Å². The highest BCUT2D eigenvalue weighted by atomic mass is 16.5. The van der Waals surface area contributed by atoms with Gasteiger partial charge in [-0.1, -0.05) is 30.3 Å². The van der Waals surface area contributed by atoms with Gasteiger partial charge in [-0.2, -0.15) is 0 Å². The van der Waals surface area contributed by atoms with Crippen LogP contribution >= 0.6 is 0 Å². The number of rotatable bonds is 4. The number of ether oxygens (including phenoxy) is 1. The minimum atomic E-state index is 0.508. The number of nitrogens with zero attached hydrogens (tertiary/aromatic N) is 1. The van der Waals surface area contributed by atoms with Crippen molar-refractivity contribution in [2.75, 3.05) is 19.7 Å². The fourth-order valence-corrected chi connectivity index (χ4v) is 2.76. The lowest BCUT2D eigenvalue weighted by atomic mass is 10.1. The molecular weight excluding hydrogens is 234 g/mol. The molecule has 0 spiro atoms. The lowest BCUT2D eigenvalue weighted by Gasteiger charge is -2.23. The Morgan fingerprint density at radius 2 is 1.79 bits per heavy atom. The highest BCUT2D eigenvalue weighted by Gasteiger charge is 2.18. The summed E-state index contributed by atoms with van der Waals surface area (Å²) in [5.41, 5.74) is 0. The Morgan fingerprint density at radius 3 is 2.58 bits per heavy atom. The molecule has 0 N–H and O–H groups in total. The van der Waals surface area contributed by atoms with E-state index >= 15 is 0 Å². The van der Waals surface area contributed by atoms with Crippen LogP contribution in [0.15, 0.2) is 42.5 Å². The van der Waals surface area contributed by atoms with Crippen LogP contribution < -0.4 is 4.74 Å². The lowest BCUT2D eigenvalue weighted by molar-refractivity contribution is 0.173. The maximum absolute atomic E-state index is 5.95. The van der Waals surface area contributed by atoms with Crippen molar-refractivity contribution in [3.8, 4) is 5.75 Å². The molecule has 1 atom stereocenters. The summed E-state index contributed by atoms with van der Waals surface area (Å²) < 4.78 is 5.95. The van der Waals surface area contributed by atoms with E-state index in [1.54, 1.807) is 0 Å². The normalized spacial score (nSPS) is 17.7. The standard InChI is InChI=1S/C17H21NO/c1-14(18-10-4-5-11-18)13-19-17-9-8-15-6-2-3-7-16(15)12-17/h2-3,6-9,12,14H,4-5,10-11,13H2,1H3. The predicted octanol–water partition coefficient (Wildman–Crippen LogP) is 3.70. The summed E-state index contributed by atoms with van der Waals surface area (Å²) >= 11 is 0. The molecule has 0 bridgehead atoms. The Morgan fingerprint density at radius 1 is 1.05 bits per heavy atom. The third-order valence-electron chi connectivity index (χ3n) is 3.98. The molecule has 2 aromatic carbocycles. The molecule has 0 aromatic heterocycles. The fourth-order valence-electron chi connectivity index (χ4n) is 2.76. The highest BCUT2D eigenvalue weighted by Crippen LogP contribution is 2.21. The zero-order valence-electron chi connectivity index (χ0n) is 11.5. The Labute approximate surface area is 115 Å². The van der Waals surface area contributed by atoms with E-state index in [1.807, 2.05) is 0 Å². The number of hydrogen-bond acceptors (Lipinski definition) is 2. The van der Waals surface area contributed by atoms with E-state index in [0.29, 0.717) is 6.04 Å². The Kier molecular flexibility index (Phi) is 3.69. The second-order valence-electron chi connectivity index (χ2n) is 5.41. The topological polar surface area (TPSA) is 12.5 Å². The van der Waals surface area contributed by atoms with Gasteiger partial charge in [-0.15, -0.1) is 0 Å². The van der Waals surface area contributed by atoms with Crippen molar-refractivity contribution in [3.63, 3.8) is 0 Å². The van der Waals surface area contributed by atoms with Gasteiger partial charge in [0.25, 0.3) is 0 Å². The predicted molar refractivity (Wildman–Crippen MR) is 79.7 cm³/mol. The van der Waals surface area contributed by atoms with Crippen molar-refractivity contribution >= 4 is 10.8 Å². The monoisotopic (exact) mass is 255 g/mol. The third-order valence-corrected chi connectivity index (χ3v) is 3.98. The van der Waals surface area contributed by atoms with E-state index < -0.39 is 0 Å². The summed E-state index contributed by atoms with van der Waals surface area (Å²) in [6, 6.07) is 15.2. The summed E-state index contributed by atoms with van der Waals surface area (Å²) in [6.45, 7) is 5.48. The quantitative estimate of drug-likeness (QED) is 0.826. The van der Waals surface area contributed by atoms with Crippen molar-refractivity contribution in [1.29, 1.82) is 0 Å². The molecule has 2 heteroatoms. The molecule has 3 rings (SSSR count). The molecule has 0 radical (unpaired) electrons. The molecule has 2 nitrogen and oxygen atoms in total. The van der Waals surface area contributed by atoms with Crippen molar-refractivity contribution in [3.05, 3.63) is 42.5 Å². The summed E-state index contributed by atoms with van der Waals surface area (Å²) in [7, 11) is 0. The molecule has 2 aromatic rings. The molecule has 1 saturated heterocycles. The van der Waals surface area contributed by atoms with Gasteiger partial charge in [-0.3, -0.25) is 4.90 Å². The van der Waals surface area contributed by atoms with Gasteiger partial charge in [0.2, 0.25) is 0 Å². The van der Waals surface area contributed by atoms with Crippen LogP contribution in [-0.4, -0.2) is 30.6 Å². The molecule has 100 valence electrons. The number of hydrogen-bond donors (Lipinski definition) is 0. The first-order chi connectivity index (χ1) is 9.33. The molecule has 0 aliphatic carbocycles. The second-order valence-corrected chi connectivity index (χ2v) is 5.41. The van der Waals surface area contributed by atoms with Crippen LogP contribution in [0, 0.1) is 0 Å². The van der Waals surface area contributed by atoms with E-state index in [0.717, 1.165) is 12.4 Å². The Balaban J connectivity index is 1.64. The average Bonchev–Trinajstić information content (AvgIpc) is 2.99. The number of benzene rings is 2. The van der Waals surface area contributed by atoms with E-state index in [-0.39, 0.29) is 0 Å². The SMILES string of the molecule is CC(COc1ccc2ccccc2c1)N1CCCC1. The largest absolute Gasteiger partial charge is 0.492 e. The fraction of sp³-hybridized carbons (Fsp3) is 0.412. The van der Waals surface area contributed by atoms with Crippen molar-refractivity contribution in [1.82, 2.24) is 4.90 Å². The van der Waals surface area contributed by atoms with Crippen LogP contribution in [0.25, 0.3) is 10.8 Å². The molecule has 0 amide bonds. The zero-order valence-corrected chi connectivity index (χ0v) is 11.5. The molecule has 19 heavy (non-hydrogen) atoms. The van der Waals surface area contributed by atoms with Gasteiger partial charge in [0.1, 0.15) is 12.4 Å². The molecule has 1 aliphatic heterocycles. The van der Waals surface area contributed by atoms with E-state index in [2.05, 4.69) is 54.3 Å². The van der Waals surface area contributed by atoms with Gasteiger partial charge < -0.3 is 4.74 Å². The van der Waals surface area contributed by atoms with Crippen LogP contribution in [-0.2, 0) is 0 Å². The van der Waals surface area contributed by atoms with Crippen molar-refractivity contribution < 1.29 is 4.74 Å². The van der Waals surface area contributed by atoms with Crippen LogP contribution in [0.3, 0.4) is 0 Å². The molecular formula is C17H21NO. The van der Waals surface area contributed by atoms with Gasteiger partial charge in [-0.05, 0) is 55.8 Å². The van der Waals surface area contributed by atoms with Crippen molar-refractivity contribution in [2.24, 2.45) is 0 Å². The Bertz CT molecular complexity index is 546. The molecule has 1 fully saturated rings. The summed E-state index contributed by atoms with van der Waals surface area (Å²) in [5.74, 6) is 0.977. The van der Waals surface area contributed by atoms with Crippen LogP contribution in [0.1, 0.15) is 19.8 Å². The number of likely N-dealkylation sites (tertiary alicyclic amines) is 1. The molecule has 1 aliphatic rings. The first-order valence-corrected chi connectivity index (χ1v) is 7.18. The summed E-state index contributed by atoms with van der Waals surface area (Å²) in [4.78, 5) is 2.51. The van der Waals surface area contributed by atoms with Crippen LogP contribution in [0.2, 0.25) is 0 Å². The maximum atomic E-state index is 5.95.